The lowest BCUT2D eigenvalue weighted by molar-refractivity contribution is 0.316. The van der Waals surface area contributed by atoms with Crippen LogP contribution >= 0.6 is 31.9 Å². The fourth-order valence-corrected chi connectivity index (χ4v) is 4.67. The monoisotopic (exact) mass is 401 g/mol. The zero-order chi connectivity index (χ0) is 14.5. The van der Waals surface area contributed by atoms with Gasteiger partial charge in [0.05, 0.1) is 0 Å². The largest absolute Gasteiger partial charge is 0.307 e. The summed E-state index contributed by atoms with van der Waals surface area (Å²) in [6, 6.07) is 7.43. The molecule has 0 spiro atoms. The first kappa shape index (κ1) is 16.5. The van der Waals surface area contributed by atoms with Crippen LogP contribution in [0, 0.1) is 5.92 Å². The van der Waals surface area contributed by atoms with Crippen LogP contribution in [0.4, 0.5) is 0 Å². The average Bonchev–Trinajstić information content (AvgIpc) is 2.67. The Hall–Kier alpha value is 0.140. The van der Waals surface area contributed by atoms with Crippen LogP contribution < -0.4 is 5.32 Å². The van der Waals surface area contributed by atoms with Gasteiger partial charge in [0.1, 0.15) is 0 Å². The lowest BCUT2D eigenvalue weighted by Gasteiger charge is -2.28. The van der Waals surface area contributed by atoms with Crippen molar-refractivity contribution in [1.29, 1.82) is 0 Å². The van der Waals surface area contributed by atoms with Gasteiger partial charge < -0.3 is 5.32 Å². The van der Waals surface area contributed by atoms with E-state index in [1.165, 1.54) is 48.6 Å². The van der Waals surface area contributed by atoms with Crippen molar-refractivity contribution in [3.8, 4) is 0 Å². The first-order valence-corrected chi connectivity index (χ1v) is 9.37. The first-order valence-electron chi connectivity index (χ1n) is 7.79. The molecular weight excluding hydrogens is 378 g/mol. The summed E-state index contributed by atoms with van der Waals surface area (Å²) in [5, 5.41) is 3.81. The minimum Gasteiger partial charge on any atom is -0.307 e. The van der Waals surface area contributed by atoms with Crippen molar-refractivity contribution in [2.75, 3.05) is 0 Å². The van der Waals surface area contributed by atoms with Crippen LogP contribution in [0.3, 0.4) is 0 Å². The van der Waals surface area contributed by atoms with E-state index in [0.717, 1.165) is 10.4 Å². The molecule has 1 fully saturated rings. The normalized spacial score (nSPS) is 20.4. The number of rotatable bonds is 4. The molecule has 112 valence electrons. The van der Waals surface area contributed by atoms with E-state index in [1.807, 2.05) is 0 Å². The van der Waals surface area contributed by atoms with Crippen LogP contribution in [0.2, 0.25) is 0 Å². The average molecular weight is 403 g/mol. The maximum absolute atomic E-state index is 3.81. The molecule has 1 aromatic rings. The topological polar surface area (TPSA) is 12.0 Å². The zero-order valence-corrected chi connectivity index (χ0v) is 15.6. The van der Waals surface area contributed by atoms with Crippen molar-refractivity contribution in [3.05, 3.63) is 32.7 Å². The van der Waals surface area contributed by atoms with Crippen LogP contribution in [0.25, 0.3) is 0 Å². The molecule has 1 N–H and O–H groups in total. The SMILES string of the molecule is CC(N[C@@H](C)C1CCCCCC1)c1ccc(Br)cc1Br. The van der Waals surface area contributed by atoms with Crippen molar-refractivity contribution < 1.29 is 0 Å². The third kappa shape index (κ3) is 4.57. The highest BCUT2D eigenvalue weighted by atomic mass is 79.9. The van der Waals surface area contributed by atoms with E-state index in [1.54, 1.807) is 0 Å². The molecule has 20 heavy (non-hydrogen) atoms. The number of nitrogens with one attached hydrogen (secondary N) is 1. The molecule has 0 radical (unpaired) electrons. The molecule has 0 saturated heterocycles. The predicted molar refractivity (Wildman–Crippen MR) is 94.0 cm³/mol. The summed E-state index contributed by atoms with van der Waals surface area (Å²) >= 11 is 7.19. The van der Waals surface area contributed by atoms with E-state index in [2.05, 4.69) is 69.2 Å². The van der Waals surface area contributed by atoms with Gasteiger partial charge in [0, 0.05) is 21.0 Å². The maximum Gasteiger partial charge on any atom is 0.0305 e. The number of halogens is 2. The summed E-state index contributed by atoms with van der Waals surface area (Å²) in [4.78, 5) is 0. The van der Waals surface area contributed by atoms with Crippen LogP contribution in [0.5, 0.6) is 0 Å². The van der Waals surface area contributed by atoms with Gasteiger partial charge in [-0.2, -0.15) is 0 Å². The predicted octanol–water partition coefficient (Wildman–Crippen LogP) is 6.22. The molecule has 1 saturated carbocycles. The Labute approximate surface area is 140 Å². The Morgan fingerprint density at radius 2 is 1.70 bits per heavy atom. The fraction of sp³-hybridized carbons (Fsp3) is 0.647. The Kier molecular flexibility index (Phi) is 6.57. The van der Waals surface area contributed by atoms with Gasteiger partial charge in [0.2, 0.25) is 0 Å². The maximum atomic E-state index is 3.81. The van der Waals surface area contributed by atoms with Gasteiger partial charge in [-0.25, -0.2) is 0 Å². The molecular formula is C17H25Br2N. The molecule has 1 nitrogen and oxygen atoms in total. The minimum atomic E-state index is 0.385. The number of hydrogen-bond donors (Lipinski definition) is 1. The Bertz CT molecular complexity index is 425. The van der Waals surface area contributed by atoms with Crippen molar-refractivity contribution >= 4 is 31.9 Å². The van der Waals surface area contributed by atoms with E-state index in [4.69, 9.17) is 0 Å². The van der Waals surface area contributed by atoms with Crippen LogP contribution in [0.15, 0.2) is 27.1 Å². The second-order valence-corrected chi connectivity index (χ2v) is 7.86. The highest BCUT2D eigenvalue weighted by molar-refractivity contribution is 9.11. The Morgan fingerprint density at radius 3 is 2.30 bits per heavy atom. The van der Waals surface area contributed by atoms with Crippen molar-refractivity contribution in [2.24, 2.45) is 5.92 Å². The van der Waals surface area contributed by atoms with Crippen molar-refractivity contribution in [2.45, 2.75) is 64.5 Å². The summed E-state index contributed by atoms with van der Waals surface area (Å²) < 4.78 is 2.30. The standard InChI is InChI=1S/C17H25Br2N/c1-12(14-7-5-3-4-6-8-14)20-13(2)16-10-9-15(18)11-17(16)19/h9-14,20H,3-8H2,1-2H3/t12-,13?/m0/s1. The van der Waals surface area contributed by atoms with Gasteiger partial charge in [0.25, 0.3) is 0 Å². The zero-order valence-electron chi connectivity index (χ0n) is 12.5. The third-order valence-corrected chi connectivity index (χ3v) is 5.73. The molecule has 1 aliphatic rings. The van der Waals surface area contributed by atoms with Crippen molar-refractivity contribution in [3.63, 3.8) is 0 Å². The molecule has 1 aromatic carbocycles. The van der Waals surface area contributed by atoms with Gasteiger partial charge in [-0.05, 0) is 50.3 Å². The smallest absolute Gasteiger partial charge is 0.0305 e. The number of hydrogen-bond acceptors (Lipinski definition) is 1. The summed E-state index contributed by atoms with van der Waals surface area (Å²) in [6.45, 7) is 4.63. The lowest BCUT2D eigenvalue weighted by atomic mass is 9.92. The second-order valence-electron chi connectivity index (χ2n) is 6.09. The minimum absolute atomic E-state index is 0.385. The van der Waals surface area contributed by atoms with Gasteiger partial charge in [-0.3, -0.25) is 0 Å². The van der Waals surface area contributed by atoms with Crippen molar-refractivity contribution in [1.82, 2.24) is 5.32 Å². The molecule has 0 aromatic heterocycles. The molecule has 0 heterocycles. The van der Waals surface area contributed by atoms with Crippen LogP contribution in [0.1, 0.15) is 64.0 Å². The Morgan fingerprint density at radius 1 is 1.05 bits per heavy atom. The first-order chi connectivity index (χ1) is 9.58. The molecule has 1 aliphatic carbocycles. The molecule has 0 aliphatic heterocycles. The summed E-state index contributed by atoms with van der Waals surface area (Å²) in [6.07, 6.45) is 8.46. The van der Waals surface area contributed by atoms with Gasteiger partial charge in [-0.1, -0.05) is 63.6 Å². The summed E-state index contributed by atoms with van der Waals surface area (Å²) in [5.41, 5.74) is 1.34. The molecule has 2 atom stereocenters. The molecule has 2 rings (SSSR count). The lowest BCUT2D eigenvalue weighted by Crippen LogP contribution is -2.35. The summed E-state index contributed by atoms with van der Waals surface area (Å²) in [7, 11) is 0. The highest BCUT2D eigenvalue weighted by Gasteiger charge is 2.21. The quantitative estimate of drug-likeness (QED) is 0.589. The highest BCUT2D eigenvalue weighted by Crippen LogP contribution is 2.30. The Balaban J connectivity index is 1.97. The molecule has 1 unspecified atom stereocenters. The second kappa shape index (κ2) is 7.95. The van der Waals surface area contributed by atoms with Crippen LogP contribution in [-0.2, 0) is 0 Å². The van der Waals surface area contributed by atoms with E-state index >= 15 is 0 Å². The molecule has 3 heteroatoms. The third-order valence-electron chi connectivity index (χ3n) is 4.55. The molecule has 0 amide bonds. The van der Waals surface area contributed by atoms with Crippen LogP contribution in [-0.4, -0.2) is 6.04 Å². The van der Waals surface area contributed by atoms with E-state index in [0.29, 0.717) is 12.1 Å². The molecule has 0 bridgehead atoms. The van der Waals surface area contributed by atoms with Gasteiger partial charge in [0.15, 0.2) is 0 Å². The van der Waals surface area contributed by atoms with Gasteiger partial charge >= 0.3 is 0 Å². The van der Waals surface area contributed by atoms with Gasteiger partial charge in [-0.15, -0.1) is 0 Å². The van der Waals surface area contributed by atoms with E-state index in [9.17, 15) is 0 Å². The summed E-state index contributed by atoms with van der Waals surface area (Å²) in [5.74, 6) is 0.842. The number of benzene rings is 1. The van der Waals surface area contributed by atoms with E-state index in [-0.39, 0.29) is 0 Å². The fourth-order valence-electron chi connectivity index (χ4n) is 3.28. The van der Waals surface area contributed by atoms with E-state index < -0.39 is 0 Å².